The summed E-state index contributed by atoms with van der Waals surface area (Å²) in [7, 11) is 6.40. The van der Waals surface area contributed by atoms with E-state index in [4.69, 9.17) is 55.7 Å². The van der Waals surface area contributed by atoms with Crippen LogP contribution in [0.3, 0.4) is 0 Å². The molecule has 11 nitrogen and oxygen atoms in total. The second-order valence-electron chi connectivity index (χ2n) is 13.9. The van der Waals surface area contributed by atoms with E-state index in [1.165, 1.54) is 6.08 Å². The zero-order chi connectivity index (χ0) is 43.5. The van der Waals surface area contributed by atoms with Crippen LogP contribution in [0.25, 0.3) is 22.5 Å². The zero-order valence-corrected chi connectivity index (χ0v) is 39.9. The molecule has 2 N–H and O–H groups in total. The van der Waals surface area contributed by atoms with Crippen molar-refractivity contribution in [3.05, 3.63) is 149 Å². The van der Waals surface area contributed by atoms with Crippen molar-refractivity contribution in [1.29, 1.82) is 0 Å². The normalized spacial score (nSPS) is 15.2. The Morgan fingerprint density at radius 2 is 1.23 bits per heavy atom. The number of pyridine rings is 1. The predicted molar refractivity (Wildman–Crippen MR) is 244 cm³/mol. The number of ether oxygens (including phenoxy) is 6. The van der Waals surface area contributed by atoms with E-state index in [1.807, 2.05) is 78.9 Å². The summed E-state index contributed by atoms with van der Waals surface area (Å²) in [4.78, 5) is 18.7. The Morgan fingerprint density at radius 3 is 1.70 bits per heavy atom. The number of H-pyrrole nitrogens is 1. The van der Waals surface area contributed by atoms with Crippen LogP contribution < -0.4 is 28.4 Å². The summed E-state index contributed by atoms with van der Waals surface area (Å²) in [6, 6.07) is 17.3. The molecule has 0 saturated heterocycles. The molecule has 2 aliphatic rings. The van der Waals surface area contributed by atoms with Crippen molar-refractivity contribution in [2.24, 2.45) is 9.98 Å². The van der Waals surface area contributed by atoms with Gasteiger partial charge in [0, 0.05) is 0 Å². The second-order valence-corrected chi connectivity index (χ2v) is 18.5. The molecule has 0 radical (unpaired) electrons. The Kier molecular flexibility index (Phi) is 15.5. The van der Waals surface area contributed by atoms with Crippen LogP contribution in [0.2, 0.25) is 0 Å². The van der Waals surface area contributed by atoms with Gasteiger partial charge in [-0.25, -0.2) is 0 Å². The summed E-state index contributed by atoms with van der Waals surface area (Å²) in [6.45, 7) is 11.3. The monoisotopic (exact) mass is 933 g/mol. The first-order valence-corrected chi connectivity index (χ1v) is 22.2. The molecule has 0 fully saturated rings. The van der Waals surface area contributed by atoms with E-state index < -0.39 is 0 Å². The molecule has 2 aliphatic heterocycles. The molecule has 4 aromatic rings. The fourth-order valence-corrected chi connectivity index (χ4v) is 7.47. The molecule has 13 heteroatoms. The molecule has 0 bridgehead atoms. The van der Waals surface area contributed by atoms with Gasteiger partial charge >= 0.3 is 239 Å². The summed E-state index contributed by atoms with van der Waals surface area (Å²) in [5.41, 5.74) is 17.6. The van der Waals surface area contributed by atoms with Crippen molar-refractivity contribution in [2.75, 3.05) is 41.7 Å². The van der Waals surface area contributed by atoms with E-state index in [1.54, 1.807) is 34.6 Å². The van der Waals surface area contributed by atoms with Crippen molar-refractivity contribution in [2.45, 2.75) is 39.5 Å². The summed E-state index contributed by atoms with van der Waals surface area (Å²) in [6.07, 6.45) is 14.6. The van der Waals surface area contributed by atoms with Gasteiger partial charge in [-0.2, -0.15) is 0 Å². The molecule has 312 valence electrons. The molecule has 0 atom stereocenters. The van der Waals surface area contributed by atoms with Gasteiger partial charge in [0.2, 0.25) is 5.75 Å². The molecule has 0 spiro atoms. The number of unbranched alkanes of at least 4 members (excludes halogenated alkanes) is 2. The predicted octanol–water partition coefficient (Wildman–Crippen LogP) is 10.9. The fraction of sp³-hybridized carbons (Fsp3) is 0.250. The molecule has 0 saturated carbocycles. The molecule has 2 aromatic carbocycles. The van der Waals surface area contributed by atoms with Crippen molar-refractivity contribution in [1.82, 2.24) is 9.97 Å². The van der Waals surface area contributed by atoms with Crippen molar-refractivity contribution in [3.63, 3.8) is 0 Å². The first-order valence-electron chi connectivity index (χ1n) is 20.0. The SMILES string of the molecule is [CH-]=C/C([NH-])=C(C1=N/C(=C(/c2ccccn2)c2ccc(/C(=C3/C=CC([C](=[Zn])Br)=N3)c3cc(OC)c(OCCCC)c(OC)c3)[nH]2)C=C1)\c1cc(OC)c(OCCCC)c(OC)c1. The van der Waals surface area contributed by atoms with Gasteiger partial charge in [-0.05, 0) is 30.2 Å². The minimum atomic E-state index is 0.0711. The van der Waals surface area contributed by atoms with Crippen molar-refractivity contribution >= 4 is 47.1 Å². The topological polar surface area (TPSA) is 133 Å². The Balaban J connectivity index is 1.51. The third kappa shape index (κ3) is 10.1. The van der Waals surface area contributed by atoms with Crippen LogP contribution in [0.1, 0.15) is 67.7 Å². The molecular formula is C48H48BrN5O6Zn-2. The van der Waals surface area contributed by atoms with Crippen LogP contribution in [0.4, 0.5) is 0 Å². The molecule has 0 amide bonds. The van der Waals surface area contributed by atoms with Crippen LogP contribution in [-0.4, -0.2) is 66.1 Å². The van der Waals surface area contributed by atoms with Crippen molar-refractivity contribution in [3.8, 4) is 34.5 Å². The number of hydrogen-bond donors (Lipinski definition) is 1. The van der Waals surface area contributed by atoms with Crippen LogP contribution in [0, 0.1) is 6.58 Å². The number of aliphatic imine (C=N–C) groups is 2. The minimum absolute atomic E-state index is 0.0711. The van der Waals surface area contributed by atoms with Gasteiger partial charge < -0.3 is 19.9 Å². The first-order chi connectivity index (χ1) is 29.7. The summed E-state index contributed by atoms with van der Waals surface area (Å²) in [5.74, 6) is 3.08. The van der Waals surface area contributed by atoms with Crippen molar-refractivity contribution < 1.29 is 46.3 Å². The number of rotatable bonds is 20. The van der Waals surface area contributed by atoms with Gasteiger partial charge in [0.05, 0.1) is 20.8 Å². The average molecular weight is 936 g/mol. The summed E-state index contributed by atoms with van der Waals surface area (Å²) in [5, 5.41) is 0. The molecule has 0 unspecified atom stereocenters. The molecular weight excluding hydrogens is 888 g/mol. The number of aromatic nitrogens is 2. The number of benzene rings is 2. The Bertz CT molecular complexity index is 2460. The summed E-state index contributed by atoms with van der Waals surface area (Å²) < 4.78 is 36.6. The third-order valence-electron chi connectivity index (χ3n) is 9.90. The van der Waals surface area contributed by atoms with Gasteiger partial charge in [0.25, 0.3) is 0 Å². The van der Waals surface area contributed by atoms with E-state index in [9.17, 15) is 0 Å². The fourth-order valence-electron chi connectivity index (χ4n) is 6.83. The smallest absolute Gasteiger partial charge is 0.493 e. The Labute approximate surface area is 375 Å². The van der Waals surface area contributed by atoms with Gasteiger partial charge in [-0.1, -0.05) is 32.3 Å². The van der Waals surface area contributed by atoms with Crippen LogP contribution in [0.5, 0.6) is 34.5 Å². The van der Waals surface area contributed by atoms with Gasteiger partial charge in [0.1, 0.15) is 0 Å². The number of nitrogens with zero attached hydrogens (tertiary/aromatic N) is 3. The van der Waals surface area contributed by atoms with Gasteiger partial charge in [0.15, 0.2) is 11.5 Å². The quantitative estimate of drug-likeness (QED) is 0.0404. The number of allylic oxidation sites excluding steroid dienone is 6. The Hall–Kier alpha value is -5.78. The van der Waals surface area contributed by atoms with Crippen LogP contribution in [0.15, 0.2) is 118 Å². The van der Waals surface area contributed by atoms with Gasteiger partial charge in [-0.3, -0.25) is 18.4 Å². The molecule has 6 rings (SSSR count). The number of aromatic amines is 1. The molecule has 61 heavy (non-hydrogen) atoms. The van der Waals surface area contributed by atoms with Gasteiger partial charge in [-0.15, -0.1) is 0 Å². The van der Waals surface area contributed by atoms with Crippen LogP contribution >= 0.6 is 15.9 Å². The van der Waals surface area contributed by atoms with E-state index >= 15 is 0 Å². The Morgan fingerprint density at radius 1 is 0.721 bits per heavy atom. The maximum atomic E-state index is 8.98. The number of hydrogen-bond acceptors (Lipinski definition) is 9. The van der Waals surface area contributed by atoms with E-state index in [-0.39, 0.29) is 5.70 Å². The summed E-state index contributed by atoms with van der Waals surface area (Å²) >= 11 is 4.58. The average Bonchev–Trinajstić information content (AvgIpc) is 4.08. The zero-order valence-electron chi connectivity index (χ0n) is 35.4. The minimum Gasteiger partial charge on any atom is -0.493 e. The second kappa shape index (κ2) is 21.1. The van der Waals surface area contributed by atoms with E-state index in [0.717, 1.165) is 86.1 Å². The number of methoxy groups -OCH3 is 4. The molecule has 0 aliphatic carbocycles. The maximum absolute atomic E-state index is 8.98. The van der Waals surface area contributed by atoms with E-state index in [2.05, 4.69) is 34.8 Å². The number of halogens is 1. The first kappa shape index (κ1) is 44.8. The molecule has 2 aromatic heterocycles. The van der Waals surface area contributed by atoms with E-state index in [0.29, 0.717) is 76.0 Å². The molecule has 4 heterocycles. The third-order valence-corrected chi connectivity index (χ3v) is 11.1. The standard InChI is InChI=1S/C48H48BrN5O6.Zn/c1-8-11-23-59-47-40(55-4)25-30(26-41(47)56-5)44(33(50)10-3)35-18-20-38(53-35)46(34-15-13-14-22-51-34)39-21-19-37(54-39)45(36-17-16-32(29-49)52-36)31-27-42(57-6)48(43(28-31)58-7)60-24-12-9-2;/h3,10,13-22,25-28,50,54H,8-9,11-12,23-24H2,1-2,4-7H3;/q-2;/b44-33-,45-36-,46-38-;. The number of nitrogens with one attached hydrogen (secondary N) is 2. The van der Waals surface area contributed by atoms with Crippen LogP contribution in [-0.2, 0) is 17.9 Å².